The summed E-state index contributed by atoms with van der Waals surface area (Å²) in [5, 5.41) is 3.57. The lowest BCUT2D eigenvalue weighted by Gasteiger charge is -2.26. The molecule has 0 radical (unpaired) electrons. The van der Waals surface area contributed by atoms with Crippen LogP contribution in [0.2, 0.25) is 0 Å². The first kappa shape index (κ1) is 34.8. The quantitative estimate of drug-likeness (QED) is 0.0478. The lowest BCUT2D eigenvalue weighted by molar-refractivity contribution is 0.0884. The number of ketones is 2. The number of nitrogens with zero attached hydrogens (tertiary/aromatic N) is 4. The first-order chi connectivity index (χ1) is 26.5. The number of amides is 2. The van der Waals surface area contributed by atoms with Crippen LogP contribution in [0.3, 0.4) is 0 Å². The van der Waals surface area contributed by atoms with Crippen LogP contribution in [0.1, 0.15) is 83.5 Å². The number of ether oxygens (including phenoxy) is 2. The summed E-state index contributed by atoms with van der Waals surface area (Å²) in [4.78, 5) is 56.8. The minimum atomic E-state index is -0.835. The van der Waals surface area contributed by atoms with Gasteiger partial charge >= 0.3 is 0 Å². The van der Waals surface area contributed by atoms with Gasteiger partial charge in [-0.25, -0.2) is 4.90 Å². The Morgan fingerprint density at radius 3 is 1.76 bits per heavy atom. The van der Waals surface area contributed by atoms with Crippen LogP contribution in [-0.2, 0) is 5.41 Å². The molecule has 0 spiro atoms. The molecule has 0 bridgehead atoms. The van der Waals surface area contributed by atoms with Gasteiger partial charge in [-0.05, 0) is 102 Å². The summed E-state index contributed by atoms with van der Waals surface area (Å²) in [6, 6.07) is 39.0. The zero-order chi connectivity index (χ0) is 38.4. The lowest BCUT2D eigenvalue weighted by atomic mass is 9.78. The molecule has 0 saturated heterocycles. The summed E-state index contributed by atoms with van der Waals surface area (Å²) in [6.07, 6.45) is 0. The van der Waals surface area contributed by atoms with Gasteiger partial charge in [-0.3, -0.25) is 19.2 Å². The van der Waals surface area contributed by atoms with E-state index < -0.39 is 17.7 Å². The van der Waals surface area contributed by atoms with Gasteiger partial charge in [0, 0.05) is 27.1 Å². The minimum Gasteiger partial charge on any atom is -0.457 e. The van der Waals surface area contributed by atoms with Crippen molar-refractivity contribution in [3.8, 4) is 23.0 Å². The average molecular weight is 725 g/mol. The molecule has 268 valence electrons. The summed E-state index contributed by atoms with van der Waals surface area (Å²) in [5.41, 5.74) is 14.0. The van der Waals surface area contributed by atoms with E-state index in [9.17, 15) is 19.2 Å². The van der Waals surface area contributed by atoms with Gasteiger partial charge in [-0.15, -0.1) is 0 Å². The second-order valence-corrected chi connectivity index (χ2v) is 14.0. The van der Waals surface area contributed by atoms with Gasteiger partial charge < -0.3 is 9.47 Å². The van der Waals surface area contributed by atoms with Crippen LogP contribution < -0.4 is 14.4 Å². The van der Waals surface area contributed by atoms with Gasteiger partial charge in [0.05, 0.1) is 16.8 Å². The molecule has 1 atom stereocenters. The van der Waals surface area contributed by atoms with Crippen molar-refractivity contribution in [1.82, 2.24) is 0 Å². The van der Waals surface area contributed by atoms with Crippen molar-refractivity contribution in [2.75, 3.05) is 4.90 Å². The molecule has 1 unspecified atom stereocenters. The smallest absolute Gasteiger partial charge is 0.266 e. The van der Waals surface area contributed by atoms with Crippen LogP contribution in [0.25, 0.3) is 10.4 Å². The Morgan fingerprint density at radius 1 is 0.600 bits per heavy atom. The van der Waals surface area contributed by atoms with Crippen molar-refractivity contribution in [2.24, 2.45) is 5.11 Å². The zero-order valence-corrected chi connectivity index (χ0v) is 30.0. The number of hydrogen-bond donors (Lipinski definition) is 0. The number of Topliss-reactive ketones (excluding diaryl/α,β-unsaturated/α-hetero) is 2. The van der Waals surface area contributed by atoms with Gasteiger partial charge in [0.15, 0.2) is 11.6 Å². The number of fused-ring (bicyclic) bond motifs is 2. The fourth-order valence-electron chi connectivity index (χ4n) is 7.17. The van der Waals surface area contributed by atoms with Gasteiger partial charge in [0.25, 0.3) is 11.8 Å². The Balaban J connectivity index is 0.936. The van der Waals surface area contributed by atoms with E-state index in [0.29, 0.717) is 45.4 Å². The SMILES string of the molecule is Cc1cccc(C2C(=O)c3ccc(Oc4ccc(C(C)(C)c5ccc(Oc6ccc7c(c6)C(=O)N(c6cccc(N=[N+]=[N-])c6)C7=O)cc5)cc4)cc3C2=O)c1. The standard InChI is InChI=1S/C45H32N4O6/c1-26-6-4-7-27(22-26)40-41(50)36-20-18-34(24-38(36)42(40)51)54-32-14-10-28(11-15-32)45(2,3)29-12-16-33(17-13-29)55-35-19-21-37-39(25-35)44(53)49(43(37)52)31-9-5-8-30(23-31)47-48-46/h4-25,40H,1-3H3. The molecule has 10 nitrogen and oxygen atoms in total. The molecule has 0 aromatic heterocycles. The molecule has 2 amide bonds. The largest absolute Gasteiger partial charge is 0.457 e. The molecule has 6 aromatic rings. The molecule has 6 aromatic carbocycles. The number of anilines is 1. The fourth-order valence-corrected chi connectivity index (χ4v) is 7.17. The van der Waals surface area contributed by atoms with E-state index >= 15 is 0 Å². The number of rotatable bonds is 9. The number of benzene rings is 6. The number of azide groups is 1. The first-order valence-corrected chi connectivity index (χ1v) is 17.6. The summed E-state index contributed by atoms with van der Waals surface area (Å²) in [6.45, 7) is 6.17. The van der Waals surface area contributed by atoms with Crippen LogP contribution >= 0.6 is 0 Å². The van der Waals surface area contributed by atoms with Crippen molar-refractivity contribution in [1.29, 1.82) is 0 Å². The third-order valence-electron chi connectivity index (χ3n) is 10.2. The van der Waals surface area contributed by atoms with Crippen molar-refractivity contribution in [3.63, 3.8) is 0 Å². The second kappa shape index (κ2) is 13.6. The highest BCUT2D eigenvalue weighted by molar-refractivity contribution is 6.34. The summed E-state index contributed by atoms with van der Waals surface area (Å²) in [7, 11) is 0. The Labute approximate surface area is 316 Å². The average Bonchev–Trinajstić information content (AvgIpc) is 3.58. The van der Waals surface area contributed by atoms with Gasteiger partial charge in [0.2, 0.25) is 0 Å². The fraction of sp³-hybridized carbons (Fsp3) is 0.111. The predicted octanol–water partition coefficient (Wildman–Crippen LogP) is 10.8. The third-order valence-corrected chi connectivity index (χ3v) is 10.2. The number of hydrogen-bond acceptors (Lipinski definition) is 7. The van der Waals surface area contributed by atoms with Crippen molar-refractivity contribution in [3.05, 3.63) is 188 Å². The van der Waals surface area contributed by atoms with Crippen LogP contribution in [0.15, 0.2) is 139 Å². The number of carbonyl (C=O) groups excluding carboxylic acids is 4. The van der Waals surface area contributed by atoms with Crippen LogP contribution in [0, 0.1) is 6.92 Å². The maximum atomic E-state index is 13.3. The van der Waals surface area contributed by atoms with Gasteiger partial charge in [-0.1, -0.05) is 85.2 Å². The Kier molecular flexibility index (Phi) is 8.60. The summed E-state index contributed by atoms with van der Waals surface area (Å²) >= 11 is 0. The molecular formula is C45H32N4O6. The van der Waals surface area contributed by atoms with E-state index in [2.05, 4.69) is 23.9 Å². The van der Waals surface area contributed by atoms with Crippen LogP contribution in [0.5, 0.6) is 23.0 Å². The highest BCUT2D eigenvalue weighted by Crippen LogP contribution is 2.39. The molecule has 55 heavy (non-hydrogen) atoms. The van der Waals surface area contributed by atoms with Gasteiger partial charge in [0.1, 0.15) is 28.9 Å². The van der Waals surface area contributed by atoms with E-state index in [1.54, 1.807) is 54.6 Å². The zero-order valence-electron chi connectivity index (χ0n) is 30.0. The molecule has 0 saturated carbocycles. The topological polar surface area (TPSA) is 139 Å². The van der Waals surface area contributed by atoms with E-state index in [1.807, 2.05) is 79.7 Å². The van der Waals surface area contributed by atoms with Crippen LogP contribution in [0.4, 0.5) is 11.4 Å². The number of imide groups is 1. The van der Waals surface area contributed by atoms with E-state index in [-0.39, 0.29) is 33.8 Å². The van der Waals surface area contributed by atoms with E-state index in [0.717, 1.165) is 21.6 Å². The molecule has 2 aliphatic rings. The van der Waals surface area contributed by atoms with Crippen molar-refractivity contribution in [2.45, 2.75) is 32.1 Å². The minimum absolute atomic E-state index is 0.193. The van der Waals surface area contributed by atoms with Gasteiger partial charge in [-0.2, -0.15) is 0 Å². The highest BCUT2D eigenvalue weighted by atomic mass is 16.5. The van der Waals surface area contributed by atoms with Crippen LogP contribution in [-0.4, -0.2) is 23.4 Å². The van der Waals surface area contributed by atoms with Crippen molar-refractivity contribution < 1.29 is 28.7 Å². The molecule has 10 heteroatoms. The maximum Gasteiger partial charge on any atom is 0.266 e. The Bertz CT molecular complexity index is 2620. The highest BCUT2D eigenvalue weighted by Gasteiger charge is 2.40. The Morgan fingerprint density at radius 2 is 1.15 bits per heavy atom. The predicted molar refractivity (Wildman–Crippen MR) is 207 cm³/mol. The van der Waals surface area contributed by atoms with E-state index in [1.165, 1.54) is 6.07 Å². The third kappa shape index (κ3) is 6.30. The normalized spacial score (nSPS) is 14.7. The molecule has 8 rings (SSSR count). The molecule has 0 fully saturated rings. The molecule has 1 aliphatic heterocycles. The molecule has 1 aliphatic carbocycles. The summed E-state index contributed by atoms with van der Waals surface area (Å²) in [5.74, 6) is -0.197. The van der Waals surface area contributed by atoms with Crippen molar-refractivity contribution >= 4 is 34.8 Å². The van der Waals surface area contributed by atoms with E-state index in [4.69, 9.17) is 15.0 Å². The first-order valence-electron chi connectivity index (χ1n) is 17.6. The maximum absolute atomic E-state index is 13.3. The second-order valence-electron chi connectivity index (χ2n) is 14.0. The summed E-state index contributed by atoms with van der Waals surface area (Å²) < 4.78 is 12.2. The monoisotopic (exact) mass is 724 g/mol. The molecule has 1 heterocycles. The molecular weight excluding hydrogens is 693 g/mol. The number of aryl methyl sites for hydroxylation is 1. The Hall–Kier alpha value is -7.29. The lowest BCUT2D eigenvalue weighted by Crippen LogP contribution is -2.29. The molecule has 0 N–H and O–H groups in total. The number of carbonyl (C=O) groups is 4.